The molecule has 0 N–H and O–H groups in total. The van der Waals surface area contributed by atoms with Gasteiger partial charge in [-0.1, -0.05) is 25.3 Å². The summed E-state index contributed by atoms with van der Waals surface area (Å²) in [4.78, 5) is 22.2. The standard InChI is InChI=1S/C23H25N5O3/c1-30-19-9-8-15(12-20(19)31-2)14-27-11-10-18-17(22(27)29)13-24-23-25-21(26-28(18)23)16-6-4-3-5-7-16/h8-13,16H,3-7,14H2,1-2H3. The van der Waals surface area contributed by atoms with E-state index in [2.05, 4.69) is 9.97 Å². The number of pyridine rings is 1. The summed E-state index contributed by atoms with van der Waals surface area (Å²) in [5, 5.41) is 5.25. The number of fused-ring (bicyclic) bond motifs is 3. The molecular formula is C23H25N5O3. The van der Waals surface area contributed by atoms with Gasteiger partial charge in [-0.25, -0.2) is 4.98 Å². The third kappa shape index (κ3) is 3.52. The van der Waals surface area contributed by atoms with Crippen molar-refractivity contribution in [1.29, 1.82) is 0 Å². The highest BCUT2D eigenvalue weighted by Gasteiger charge is 2.21. The summed E-state index contributed by atoms with van der Waals surface area (Å²) in [6, 6.07) is 7.55. The first kappa shape index (κ1) is 19.5. The molecule has 0 saturated heterocycles. The van der Waals surface area contributed by atoms with Gasteiger partial charge in [0, 0.05) is 18.3 Å². The number of nitrogens with zero attached hydrogens (tertiary/aromatic N) is 5. The molecule has 1 saturated carbocycles. The van der Waals surface area contributed by atoms with Gasteiger partial charge in [0.2, 0.25) is 0 Å². The zero-order valence-electron chi connectivity index (χ0n) is 17.7. The molecule has 160 valence electrons. The predicted octanol–water partition coefficient (Wildman–Crippen LogP) is 3.55. The Morgan fingerprint density at radius 2 is 1.87 bits per heavy atom. The van der Waals surface area contributed by atoms with Crippen molar-refractivity contribution in [3.05, 3.63) is 58.4 Å². The molecule has 0 spiro atoms. The topological polar surface area (TPSA) is 83.5 Å². The summed E-state index contributed by atoms with van der Waals surface area (Å²) in [7, 11) is 3.20. The molecule has 1 aliphatic carbocycles. The van der Waals surface area contributed by atoms with Crippen LogP contribution in [0.3, 0.4) is 0 Å². The minimum Gasteiger partial charge on any atom is -0.493 e. The van der Waals surface area contributed by atoms with Crippen molar-refractivity contribution in [1.82, 2.24) is 24.1 Å². The molecule has 8 nitrogen and oxygen atoms in total. The fraction of sp³-hybridized carbons (Fsp3) is 0.391. The minimum absolute atomic E-state index is 0.114. The van der Waals surface area contributed by atoms with E-state index in [-0.39, 0.29) is 5.56 Å². The van der Waals surface area contributed by atoms with Crippen molar-refractivity contribution in [2.75, 3.05) is 14.2 Å². The van der Waals surface area contributed by atoms with E-state index in [1.807, 2.05) is 24.3 Å². The zero-order valence-corrected chi connectivity index (χ0v) is 17.7. The fourth-order valence-electron chi connectivity index (χ4n) is 4.41. The van der Waals surface area contributed by atoms with Crippen LogP contribution in [0.4, 0.5) is 0 Å². The second-order valence-corrected chi connectivity index (χ2v) is 8.01. The summed E-state index contributed by atoms with van der Waals surface area (Å²) >= 11 is 0. The molecule has 3 heterocycles. The van der Waals surface area contributed by atoms with E-state index in [9.17, 15) is 4.79 Å². The van der Waals surface area contributed by atoms with Gasteiger partial charge in [-0.05, 0) is 36.6 Å². The van der Waals surface area contributed by atoms with Crippen LogP contribution in [0.25, 0.3) is 16.7 Å². The molecule has 8 heteroatoms. The molecular weight excluding hydrogens is 394 g/mol. The van der Waals surface area contributed by atoms with Gasteiger partial charge in [-0.2, -0.15) is 9.50 Å². The molecule has 0 unspecified atom stereocenters. The summed E-state index contributed by atoms with van der Waals surface area (Å²) in [6.07, 6.45) is 9.36. The van der Waals surface area contributed by atoms with E-state index < -0.39 is 0 Å². The summed E-state index contributed by atoms with van der Waals surface area (Å²) in [6.45, 7) is 0.415. The SMILES string of the molecule is COc1ccc(Cn2ccc3c(cnc4nc(C5CCCCC5)nn43)c2=O)cc1OC. The van der Waals surface area contributed by atoms with Crippen LogP contribution in [0.2, 0.25) is 0 Å². The summed E-state index contributed by atoms with van der Waals surface area (Å²) in [5.41, 5.74) is 1.55. The third-order valence-electron chi connectivity index (χ3n) is 6.09. The first-order valence-electron chi connectivity index (χ1n) is 10.6. The minimum atomic E-state index is -0.114. The highest BCUT2D eigenvalue weighted by atomic mass is 16.5. The Bertz CT molecular complexity index is 1300. The van der Waals surface area contributed by atoms with Gasteiger partial charge in [-0.15, -0.1) is 5.10 Å². The largest absolute Gasteiger partial charge is 0.493 e. The van der Waals surface area contributed by atoms with Gasteiger partial charge < -0.3 is 14.0 Å². The van der Waals surface area contributed by atoms with E-state index in [0.717, 1.165) is 29.7 Å². The third-order valence-corrected chi connectivity index (χ3v) is 6.09. The number of benzene rings is 1. The molecule has 5 rings (SSSR count). The zero-order chi connectivity index (χ0) is 21.4. The van der Waals surface area contributed by atoms with Gasteiger partial charge in [-0.3, -0.25) is 4.79 Å². The molecule has 0 bridgehead atoms. The first-order valence-corrected chi connectivity index (χ1v) is 10.6. The average molecular weight is 419 g/mol. The van der Waals surface area contributed by atoms with Gasteiger partial charge >= 0.3 is 0 Å². The monoisotopic (exact) mass is 419 g/mol. The molecule has 4 aromatic rings. The summed E-state index contributed by atoms with van der Waals surface area (Å²) < 4.78 is 14.0. The smallest absolute Gasteiger partial charge is 0.261 e. The van der Waals surface area contributed by atoms with Crippen LogP contribution in [0.5, 0.6) is 11.5 Å². The van der Waals surface area contributed by atoms with Crippen molar-refractivity contribution in [2.24, 2.45) is 0 Å². The molecule has 1 fully saturated rings. The normalized spacial score (nSPS) is 14.9. The lowest BCUT2D eigenvalue weighted by atomic mass is 9.89. The molecule has 1 aromatic carbocycles. The van der Waals surface area contributed by atoms with Gasteiger partial charge in [0.05, 0.1) is 31.7 Å². The second kappa shape index (κ2) is 8.02. The Labute approximate surface area is 179 Å². The van der Waals surface area contributed by atoms with Crippen molar-refractivity contribution in [3.8, 4) is 11.5 Å². The van der Waals surface area contributed by atoms with Crippen LogP contribution in [-0.2, 0) is 6.54 Å². The van der Waals surface area contributed by atoms with Crippen LogP contribution < -0.4 is 15.0 Å². The van der Waals surface area contributed by atoms with E-state index in [1.54, 1.807) is 35.7 Å². The lowest BCUT2D eigenvalue weighted by Crippen LogP contribution is -2.21. The van der Waals surface area contributed by atoms with Crippen LogP contribution in [0, 0.1) is 0 Å². The maximum atomic E-state index is 13.2. The average Bonchev–Trinajstić information content (AvgIpc) is 3.26. The summed E-state index contributed by atoms with van der Waals surface area (Å²) in [5.74, 6) is 3.06. The number of hydrogen-bond acceptors (Lipinski definition) is 6. The van der Waals surface area contributed by atoms with Crippen LogP contribution in [0.1, 0.15) is 49.4 Å². The van der Waals surface area contributed by atoms with Crippen molar-refractivity contribution < 1.29 is 9.47 Å². The van der Waals surface area contributed by atoms with E-state index in [0.29, 0.717) is 35.1 Å². The van der Waals surface area contributed by atoms with Crippen LogP contribution in [-0.4, -0.2) is 38.4 Å². The predicted molar refractivity (Wildman–Crippen MR) is 117 cm³/mol. The number of ether oxygens (including phenoxy) is 2. The Morgan fingerprint density at radius 3 is 2.65 bits per heavy atom. The Kier molecular flexibility index (Phi) is 5.05. The molecule has 0 atom stereocenters. The number of hydrogen-bond donors (Lipinski definition) is 0. The first-order chi connectivity index (χ1) is 15.2. The van der Waals surface area contributed by atoms with E-state index in [1.165, 1.54) is 19.3 Å². The van der Waals surface area contributed by atoms with Crippen molar-refractivity contribution >= 4 is 16.7 Å². The van der Waals surface area contributed by atoms with Crippen molar-refractivity contribution in [3.63, 3.8) is 0 Å². The van der Waals surface area contributed by atoms with Gasteiger partial charge in [0.25, 0.3) is 11.3 Å². The highest BCUT2D eigenvalue weighted by Crippen LogP contribution is 2.31. The number of methoxy groups -OCH3 is 2. The highest BCUT2D eigenvalue weighted by molar-refractivity contribution is 5.78. The Morgan fingerprint density at radius 1 is 1.06 bits per heavy atom. The Hall–Kier alpha value is -3.42. The molecule has 31 heavy (non-hydrogen) atoms. The molecule has 0 radical (unpaired) electrons. The van der Waals surface area contributed by atoms with E-state index in [4.69, 9.17) is 14.6 Å². The van der Waals surface area contributed by atoms with Crippen LogP contribution >= 0.6 is 0 Å². The number of aromatic nitrogens is 5. The van der Waals surface area contributed by atoms with Crippen molar-refractivity contribution in [2.45, 2.75) is 44.6 Å². The lowest BCUT2D eigenvalue weighted by Gasteiger charge is -2.17. The van der Waals surface area contributed by atoms with Gasteiger partial charge in [0.15, 0.2) is 17.3 Å². The maximum Gasteiger partial charge on any atom is 0.261 e. The lowest BCUT2D eigenvalue weighted by molar-refractivity contribution is 0.354. The number of rotatable bonds is 5. The molecule has 0 amide bonds. The maximum absolute atomic E-state index is 13.2. The quantitative estimate of drug-likeness (QED) is 0.492. The van der Waals surface area contributed by atoms with Crippen LogP contribution in [0.15, 0.2) is 41.5 Å². The second-order valence-electron chi connectivity index (χ2n) is 8.01. The fourth-order valence-corrected chi connectivity index (χ4v) is 4.41. The molecule has 1 aliphatic rings. The Balaban J connectivity index is 1.52. The van der Waals surface area contributed by atoms with E-state index >= 15 is 0 Å². The van der Waals surface area contributed by atoms with Gasteiger partial charge in [0.1, 0.15) is 0 Å². The molecule has 3 aromatic heterocycles. The molecule has 0 aliphatic heterocycles.